The summed E-state index contributed by atoms with van der Waals surface area (Å²) in [6, 6.07) is 0. The van der Waals surface area contributed by atoms with Crippen LogP contribution in [0.3, 0.4) is 0 Å². The molecule has 58 valence electrons. The van der Waals surface area contributed by atoms with Gasteiger partial charge in [0.15, 0.2) is 6.26 Å². The summed E-state index contributed by atoms with van der Waals surface area (Å²) in [7, 11) is -2.47. The van der Waals surface area contributed by atoms with Gasteiger partial charge >= 0.3 is 8.25 Å². The zero-order valence-corrected chi connectivity index (χ0v) is 7.10. The normalized spacial score (nSPS) is 10.5. The van der Waals surface area contributed by atoms with Gasteiger partial charge in [0, 0.05) is 4.57 Å². The molecule has 4 heteroatoms. The Kier molecular flexibility index (Phi) is 5.17. The highest BCUT2D eigenvalue weighted by atomic mass is 31.1. The van der Waals surface area contributed by atoms with E-state index in [2.05, 4.69) is 4.52 Å². The monoisotopic (exact) mass is 163 g/mol. The molecule has 10 heavy (non-hydrogen) atoms. The first-order valence-electron chi connectivity index (χ1n) is 3.21. The third-order valence-electron chi connectivity index (χ3n) is 1.22. The van der Waals surface area contributed by atoms with Gasteiger partial charge in [0.25, 0.3) is 0 Å². The van der Waals surface area contributed by atoms with Crippen molar-refractivity contribution in [1.29, 1.82) is 0 Å². The zero-order valence-electron chi connectivity index (χ0n) is 6.20. The molecule has 0 aromatic rings. The Bertz CT molecular complexity index is 136. The minimum Gasteiger partial charge on any atom is -0.237 e. The third kappa shape index (κ3) is 4.48. The van der Waals surface area contributed by atoms with E-state index in [9.17, 15) is 4.57 Å². The van der Waals surface area contributed by atoms with Crippen LogP contribution >= 0.6 is 8.25 Å². The lowest BCUT2D eigenvalue weighted by Crippen LogP contribution is -1.77. The summed E-state index contributed by atoms with van der Waals surface area (Å²) in [6.45, 7) is 3.95. The van der Waals surface area contributed by atoms with Crippen molar-refractivity contribution < 1.29 is 14.0 Å². The summed E-state index contributed by atoms with van der Waals surface area (Å²) >= 11 is 0. The van der Waals surface area contributed by atoms with Gasteiger partial charge in [0.05, 0.1) is 0 Å². The molecule has 3 nitrogen and oxygen atoms in total. The van der Waals surface area contributed by atoms with Crippen LogP contribution in [0.4, 0.5) is 0 Å². The van der Waals surface area contributed by atoms with Gasteiger partial charge in [-0.1, -0.05) is 13.8 Å². The summed E-state index contributed by atoms with van der Waals surface area (Å²) in [4.78, 5) is 8.23. The fraction of sp³-hybridized carbons (Fsp3) is 0.667. The average Bonchev–Trinajstić information content (AvgIpc) is 1.90. The summed E-state index contributed by atoms with van der Waals surface area (Å²) in [5.74, 6) is 0. The molecule has 1 N–H and O–H groups in total. The van der Waals surface area contributed by atoms with Crippen molar-refractivity contribution >= 4 is 8.25 Å². The Morgan fingerprint density at radius 1 is 1.60 bits per heavy atom. The molecule has 0 bridgehead atoms. The highest BCUT2D eigenvalue weighted by molar-refractivity contribution is 7.32. The van der Waals surface area contributed by atoms with E-state index in [0.717, 1.165) is 18.4 Å². The Morgan fingerprint density at radius 2 is 2.10 bits per heavy atom. The van der Waals surface area contributed by atoms with Crippen LogP contribution in [-0.2, 0) is 9.09 Å². The van der Waals surface area contributed by atoms with Gasteiger partial charge in [-0.25, -0.2) is 4.52 Å². The minimum absolute atomic E-state index is 0.861. The maximum absolute atomic E-state index is 10.0. The van der Waals surface area contributed by atoms with Crippen molar-refractivity contribution in [1.82, 2.24) is 0 Å². The van der Waals surface area contributed by atoms with E-state index in [1.165, 1.54) is 6.26 Å². The first-order chi connectivity index (χ1) is 4.70. The first kappa shape index (κ1) is 9.60. The van der Waals surface area contributed by atoms with Crippen LogP contribution in [0.15, 0.2) is 11.8 Å². The quantitative estimate of drug-likeness (QED) is 0.511. The van der Waals surface area contributed by atoms with E-state index in [0.29, 0.717) is 0 Å². The van der Waals surface area contributed by atoms with Crippen LogP contribution < -0.4 is 0 Å². The molecule has 0 fully saturated rings. The summed E-state index contributed by atoms with van der Waals surface area (Å²) in [5.41, 5.74) is 1.04. The Morgan fingerprint density at radius 3 is 2.40 bits per heavy atom. The molecular formula is C6H12O3P+. The summed E-state index contributed by atoms with van der Waals surface area (Å²) in [6.07, 6.45) is 3.08. The maximum atomic E-state index is 10.0. The van der Waals surface area contributed by atoms with Crippen LogP contribution in [0.1, 0.15) is 26.7 Å². The van der Waals surface area contributed by atoms with Crippen molar-refractivity contribution in [2.75, 3.05) is 0 Å². The second-order valence-electron chi connectivity index (χ2n) is 1.83. The Balaban J connectivity index is 3.74. The van der Waals surface area contributed by atoms with Crippen molar-refractivity contribution in [3.63, 3.8) is 0 Å². The number of hydrogen-bond donors (Lipinski definition) is 1. The molecule has 0 aliphatic carbocycles. The highest BCUT2D eigenvalue weighted by Crippen LogP contribution is 2.17. The van der Waals surface area contributed by atoms with Crippen LogP contribution in [0.25, 0.3) is 0 Å². The zero-order chi connectivity index (χ0) is 7.98. The van der Waals surface area contributed by atoms with E-state index >= 15 is 0 Å². The van der Waals surface area contributed by atoms with Gasteiger partial charge in [-0.05, 0) is 18.4 Å². The predicted octanol–water partition coefficient (Wildman–Crippen LogP) is 2.36. The molecule has 1 unspecified atom stereocenters. The molecular weight excluding hydrogens is 151 g/mol. The SMILES string of the molecule is CCC(=CO[P+](=O)O)CC. The maximum Gasteiger partial charge on any atom is 0.746 e. The fourth-order valence-corrected chi connectivity index (χ4v) is 0.776. The summed E-state index contributed by atoms with van der Waals surface area (Å²) < 4.78 is 14.4. The largest absolute Gasteiger partial charge is 0.746 e. The van der Waals surface area contributed by atoms with Crippen LogP contribution in [0, 0.1) is 0 Å². The lowest BCUT2D eigenvalue weighted by Gasteiger charge is -1.92. The third-order valence-corrected chi connectivity index (χ3v) is 1.50. The second kappa shape index (κ2) is 5.39. The van der Waals surface area contributed by atoms with E-state index < -0.39 is 8.25 Å². The second-order valence-corrected chi connectivity index (χ2v) is 2.51. The lowest BCUT2D eigenvalue weighted by molar-refractivity contribution is 0.374. The van der Waals surface area contributed by atoms with Gasteiger partial charge in [-0.15, -0.1) is 4.89 Å². The molecule has 0 heterocycles. The molecule has 0 rings (SSSR count). The fourth-order valence-electron chi connectivity index (χ4n) is 0.536. The van der Waals surface area contributed by atoms with Crippen LogP contribution in [0.5, 0.6) is 0 Å². The van der Waals surface area contributed by atoms with E-state index in [1.807, 2.05) is 13.8 Å². The molecule has 0 saturated heterocycles. The van der Waals surface area contributed by atoms with Crippen molar-refractivity contribution in [3.05, 3.63) is 11.8 Å². The lowest BCUT2D eigenvalue weighted by atomic mass is 10.2. The van der Waals surface area contributed by atoms with Gasteiger partial charge in [-0.2, -0.15) is 0 Å². The molecule has 0 amide bonds. The van der Waals surface area contributed by atoms with Gasteiger partial charge in [0.2, 0.25) is 0 Å². The van der Waals surface area contributed by atoms with E-state index in [-0.39, 0.29) is 0 Å². The van der Waals surface area contributed by atoms with Crippen molar-refractivity contribution in [3.8, 4) is 0 Å². The van der Waals surface area contributed by atoms with Gasteiger partial charge < -0.3 is 0 Å². The Hall–Kier alpha value is -0.400. The highest BCUT2D eigenvalue weighted by Gasteiger charge is 2.08. The van der Waals surface area contributed by atoms with Gasteiger partial charge in [-0.3, -0.25) is 0 Å². The topological polar surface area (TPSA) is 46.5 Å². The van der Waals surface area contributed by atoms with Crippen LogP contribution in [-0.4, -0.2) is 4.89 Å². The molecule has 0 aromatic heterocycles. The summed E-state index contributed by atoms with van der Waals surface area (Å²) in [5, 5.41) is 0. The van der Waals surface area contributed by atoms with Crippen molar-refractivity contribution in [2.45, 2.75) is 26.7 Å². The molecule has 0 aliphatic rings. The average molecular weight is 163 g/mol. The minimum atomic E-state index is -2.47. The molecule has 0 aromatic carbocycles. The number of rotatable bonds is 4. The molecule has 0 saturated carbocycles. The van der Waals surface area contributed by atoms with E-state index in [4.69, 9.17) is 4.89 Å². The Labute approximate surface area is 61.7 Å². The smallest absolute Gasteiger partial charge is 0.237 e. The number of allylic oxidation sites excluding steroid dienone is 1. The molecule has 0 aliphatic heterocycles. The number of hydrogen-bond acceptors (Lipinski definition) is 2. The molecule has 0 spiro atoms. The standard InChI is InChI=1S/C6H11O3P/c1-3-6(4-2)5-9-10(7)8/h5H,3-4H2,1-2H3/p+1. The molecule has 0 radical (unpaired) electrons. The molecule has 1 atom stereocenters. The van der Waals surface area contributed by atoms with E-state index in [1.54, 1.807) is 0 Å². The van der Waals surface area contributed by atoms with Crippen LogP contribution in [0.2, 0.25) is 0 Å². The van der Waals surface area contributed by atoms with Crippen molar-refractivity contribution in [2.24, 2.45) is 0 Å². The first-order valence-corrected chi connectivity index (χ1v) is 4.34. The predicted molar refractivity (Wildman–Crippen MR) is 39.6 cm³/mol. The van der Waals surface area contributed by atoms with Gasteiger partial charge in [0.1, 0.15) is 0 Å².